The predicted octanol–water partition coefficient (Wildman–Crippen LogP) is 2.23. The summed E-state index contributed by atoms with van der Waals surface area (Å²) >= 11 is 0. The van der Waals surface area contributed by atoms with Gasteiger partial charge in [0.25, 0.3) is 0 Å². The summed E-state index contributed by atoms with van der Waals surface area (Å²) < 4.78 is 12.6. The summed E-state index contributed by atoms with van der Waals surface area (Å²) in [5, 5.41) is 3.24. The van der Waals surface area contributed by atoms with Crippen molar-refractivity contribution >= 4 is 6.29 Å². The molecule has 1 saturated heterocycles. The number of halogens is 1. The van der Waals surface area contributed by atoms with Gasteiger partial charge in [0.2, 0.25) is 0 Å². The average molecular weight is 201 g/mol. The van der Waals surface area contributed by atoms with E-state index in [-0.39, 0.29) is 5.54 Å². The Morgan fingerprint density at radius 2 is 2.29 bits per heavy atom. The molecular weight excluding hydrogens is 181 g/mol. The molecule has 1 heterocycles. The number of aldehydes is 1. The molecule has 1 aliphatic heterocycles. The first-order valence-corrected chi connectivity index (χ1v) is 5.55. The maximum absolute atomic E-state index is 12.6. The van der Waals surface area contributed by atoms with Gasteiger partial charge in [-0.1, -0.05) is 6.92 Å². The zero-order chi connectivity index (χ0) is 10.4. The van der Waals surface area contributed by atoms with E-state index in [0.717, 1.165) is 19.1 Å². The lowest BCUT2D eigenvalue weighted by Gasteiger charge is -2.38. The van der Waals surface area contributed by atoms with Crippen LogP contribution in [-0.2, 0) is 4.79 Å². The number of carbonyl (C=O) groups is 1. The summed E-state index contributed by atoms with van der Waals surface area (Å²) in [5.41, 5.74) is 0.263. The smallest absolute Gasteiger partial charge is 0.119 e. The predicted molar refractivity (Wildman–Crippen MR) is 55.1 cm³/mol. The van der Waals surface area contributed by atoms with E-state index in [9.17, 15) is 9.18 Å². The first kappa shape index (κ1) is 11.6. The third-order valence-electron chi connectivity index (χ3n) is 3.03. The molecule has 82 valence electrons. The van der Waals surface area contributed by atoms with Crippen molar-refractivity contribution in [3.05, 3.63) is 0 Å². The molecule has 1 saturated carbocycles. The van der Waals surface area contributed by atoms with Gasteiger partial charge in [-0.2, -0.15) is 0 Å². The minimum Gasteiger partial charge on any atom is -0.308 e. The molecule has 0 bridgehead atoms. The molecule has 1 spiro atoms. The zero-order valence-electron chi connectivity index (χ0n) is 8.89. The van der Waals surface area contributed by atoms with E-state index in [0.29, 0.717) is 13.0 Å². The molecule has 0 aromatic carbocycles. The van der Waals surface area contributed by atoms with Crippen molar-refractivity contribution < 1.29 is 9.18 Å². The van der Waals surface area contributed by atoms with Gasteiger partial charge in [0, 0.05) is 18.5 Å². The van der Waals surface area contributed by atoms with Crippen LogP contribution in [0, 0.1) is 0 Å². The van der Waals surface area contributed by atoms with Gasteiger partial charge in [0.05, 0.1) is 0 Å². The molecule has 2 rings (SSSR count). The molecule has 14 heavy (non-hydrogen) atoms. The van der Waals surface area contributed by atoms with Gasteiger partial charge < -0.3 is 10.1 Å². The second-order valence-corrected chi connectivity index (χ2v) is 4.27. The van der Waals surface area contributed by atoms with E-state index < -0.39 is 6.17 Å². The van der Waals surface area contributed by atoms with Gasteiger partial charge in [-0.05, 0) is 32.1 Å². The molecule has 0 amide bonds. The zero-order valence-corrected chi connectivity index (χ0v) is 8.89. The number of hydrogen-bond acceptors (Lipinski definition) is 2. The van der Waals surface area contributed by atoms with E-state index >= 15 is 0 Å². The Labute approximate surface area is 85.3 Å². The van der Waals surface area contributed by atoms with Crippen LogP contribution in [0.25, 0.3) is 0 Å². The normalized spacial score (nSPS) is 27.7. The van der Waals surface area contributed by atoms with Gasteiger partial charge in [-0.3, -0.25) is 0 Å². The first-order valence-electron chi connectivity index (χ1n) is 5.55. The molecule has 1 unspecified atom stereocenters. The van der Waals surface area contributed by atoms with Crippen molar-refractivity contribution in [2.75, 3.05) is 6.54 Å². The highest BCUT2D eigenvalue weighted by Crippen LogP contribution is 2.39. The summed E-state index contributed by atoms with van der Waals surface area (Å²) in [5.74, 6) is 0. The Morgan fingerprint density at radius 3 is 2.43 bits per heavy atom. The summed E-state index contributed by atoms with van der Waals surface area (Å²) in [6.07, 6.45) is 6.52. The standard InChI is InChI=1S/C7H12FN.C4H8O/c8-6-4-7(9-5-6)2-1-3-7;1-2-3-4-5/h6,9H,1-5H2;4H,2-3H2,1H3. The molecule has 2 aliphatic rings. The van der Waals surface area contributed by atoms with Crippen molar-refractivity contribution in [1.82, 2.24) is 5.32 Å². The highest BCUT2D eigenvalue weighted by atomic mass is 19.1. The minimum absolute atomic E-state index is 0.263. The molecule has 1 N–H and O–H groups in total. The van der Waals surface area contributed by atoms with Crippen LogP contribution >= 0.6 is 0 Å². The van der Waals surface area contributed by atoms with Crippen LogP contribution < -0.4 is 5.32 Å². The van der Waals surface area contributed by atoms with Gasteiger partial charge in [0.15, 0.2) is 0 Å². The Balaban J connectivity index is 0.000000171. The lowest BCUT2D eigenvalue weighted by molar-refractivity contribution is -0.107. The van der Waals surface area contributed by atoms with Gasteiger partial charge in [0.1, 0.15) is 12.5 Å². The molecule has 2 fully saturated rings. The Kier molecular flexibility index (Phi) is 4.52. The van der Waals surface area contributed by atoms with Crippen molar-refractivity contribution in [1.29, 1.82) is 0 Å². The minimum atomic E-state index is -0.565. The van der Waals surface area contributed by atoms with Crippen molar-refractivity contribution in [2.45, 2.75) is 57.2 Å². The fraction of sp³-hybridized carbons (Fsp3) is 0.909. The van der Waals surface area contributed by atoms with Crippen LogP contribution in [0.5, 0.6) is 0 Å². The van der Waals surface area contributed by atoms with E-state index in [1.807, 2.05) is 6.92 Å². The van der Waals surface area contributed by atoms with Crippen LogP contribution in [0.2, 0.25) is 0 Å². The van der Waals surface area contributed by atoms with Crippen LogP contribution in [0.3, 0.4) is 0 Å². The third-order valence-corrected chi connectivity index (χ3v) is 3.03. The first-order chi connectivity index (χ1) is 6.72. The van der Waals surface area contributed by atoms with Crippen molar-refractivity contribution in [2.24, 2.45) is 0 Å². The fourth-order valence-electron chi connectivity index (χ4n) is 2.00. The number of alkyl halides is 1. The number of rotatable bonds is 2. The van der Waals surface area contributed by atoms with E-state index in [1.165, 1.54) is 19.3 Å². The quantitative estimate of drug-likeness (QED) is 0.694. The largest absolute Gasteiger partial charge is 0.308 e. The summed E-state index contributed by atoms with van der Waals surface area (Å²) in [6.45, 7) is 2.58. The molecule has 1 aliphatic carbocycles. The Morgan fingerprint density at radius 1 is 1.57 bits per heavy atom. The molecular formula is C11H20FNO. The van der Waals surface area contributed by atoms with Crippen LogP contribution in [-0.4, -0.2) is 24.5 Å². The topological polar surface area (TPSA) is 29.1 Å². The summed E-state index contributed by atoms with van der Waals surface area (Å²) in [6, 6.07) is 0. The van der Waals surface area contributed by atoms with Crippen LogP contribution in [0.4, 0.5) is 4.39 Å². The molecule has 0 radical (unpaired) electrons. The monoisotopic (exact) mass is 201 g/mol. The number of carbonyl (C=O) groups excluding carboxylic acids is 1. The SMILES string of the molecule is CCCC=O.FC1CNC2(CCC2)C1. The second kappa shape index (κ2) is 5.44. The highest BCUT2D eigenvalue weighted by molar-refractivity contribution is 5.48. The molecule has 0 aromatic heterocycles. The summed E-state index contributed by atoms with van der Waals surface area (Å²) in [4.78, 5) is 9.40. The third kappa shape index (κ3) is 3.05. The van der Waals surface area contributed by atoms with E-state index in [1.54, 1.807) is 0 Å². The van der Waals surface area contributed by atoms with Gasteiger partial charge in [-0.15, -0.1) is 0 Å². The lowest BCUT2D eigenvalue weighted by Crippen LogP contribution is -2.45. The average Bonchev–Trinajstić information content (AvgIpc) is 2.50. The second-order valence-electron chi connectivity index (χ2n) is 4.27. The van der Waals surface area contributed by atoms with Crippen LogP contribution in [0.15, 0.2) is 0 Å². The van der Waals surface area contributed by atoms with Gasteiger partial charge in [-0.25, -0.2) is 4.39 Å². The maximum atomic E-state index is 12.6. The Bertz CT molecular complexity index is 180. The molecule has 1 atom stereocenters. The van der Waals surface area contributed by atoms with E-state index in [4.69, 9.17) is 0 Å². The molecule has 2 nitrogen and oxygen atoms in total. The maximum Gasteiger partial charge on any atom is 0.119 e. The number of hydrogen-bond donors (Lipinski definition) is 1. The van der Waals surface area contributed by atoms with Crippen LogP contribution in [0.1, 0.15) is 45.4 Å². The fourth-order valence-corrected chi connectivity index (χ4v) is 2.00. The molecule has 3 heteroatoms. The lowest BCUT2D eigenvalue weighted by atomic mass is 9.76. The van der Waals surface area contributed by atoms with Crippen molar-refractivity contribution in [3.8, 4) is 0 Å². The van der Waals surface area contributed by atoms with Gasteiger partial charge >= 0.3 is 0 Å². The van der Waals surface area contributed by atoms with E-state index in [2.05, 4.69) is 5.32 Å². The highest BCUT2D eigenvalue weighted by Gasteiger charge is 2.43. The Hall–Kier alpha value is -0.440. The molecule has 0 aromatic rings. The number of unbranched alkanes of at least 4 members (excludes halogenated alkanes) is 1. The summed E-state index contributed by atoms with van der Waals surface area (Å²) in [7, 11) is 0. The number of nitrogens with one attached hydrogen (secondary N) is 1. The van der Waals surface area contributed by atoms with Crippen molar-refractivity contribution in [3.63, 3.8) is 0 Å².